The first kappa shape index (κ1) is 33.7. The lowest BCUT2D eigenvalue weighted by atomic mass is 10.1. The molecule has 2 heterocycles. The van der Waals surface area contributed by atoms with Crippen LogP contribution >= 0.6 is 11.6 Å². The van der Waals surface area contributed by atoms with Crippen molar-refractivity contribution in [1.82, 2.24) is 24.3 Å². The SMILES string of the molecule is CN(C)C[C@H](O)CCC(=O)N1CCN(C(=O)c2ccc(NC(=O)c3ncc(-c4ccc(OCF)c(F)c4F)n3C)cc2Cl)CC1. The van der Waals surface area contributed by atoms with E-state index in [0.717, 1.165) is 6.07 Å². The van der Waals surface area contributed by atoms with Crippen LogP contribution < -0.4 is 10.1 Å². The van der Waals surface area contributed by atoms with Crippen molar-refractivity contribution < 1.29 is 37.4 Å². The van der Waals surface area contributed by atoms with Crippen molar-refractivity contribution in [3.8, 4) is 17.0 Å². The predicted molar refractivity (Wildman–Crippen MR) is 161 cm³/mol. The number of likely N-dealkylation sites (N-methyl/N-ethyl adjacent to an activating group) is 1. The number of aliphatic hydroxyl groups excluding tert-OH is 1. The molecule has 3 amide bonds. The van der Waals surface area contributed by atoms with Gasteiger partial charge in [0.1, 0.15) is 0 Å². The molecule has 4 rings (SSSR count). The Labute approximate surface area is 263 Å². The second-order valence-electron chi connectivity index (χ2n) is 10.8. The van der Waals surface area contributed by atoms with E-state index in [9.17, 15) is 32.7 Å². The zero-order chi connectivity index (χ0) is 32.8. The van der Waals surface area contributed by atoms with Gasteiger partial charge in [-0.1, -0.05) is 11.6 Å². The Morgan fingerprint density at radius 2 is 1.78 bits per heavy atom. The summed E-state index contributed by atoms with van der Waals surface area (Å²) in [5.74, 6) is -4.43. The number of imidazole rings is 1. The first-order chi connectivity index (χ1) is 21.4. The summed E-state index contributed by atoms with van der Waals surface area (Å²) >= 11 is 6.42. The second kappa shape index (κ2) is 14.8. The van der Waals surface area contributed by atoms with E-state index in [1.807, 2.05) is 19.0 Å². The molecule has 242 valence electrons. The summed E-state index contributed by atoms with van der Waals surface area (Å²) in [5, 5.41) is 12.7. The predicted octanol–water partition coefficient (Wildman–Crippen LogP) is 3.56. The van der Waals surface area contributed by atoms with E-state index in [2.05, 4.69) is 15.0 Å². The minimum Gasteiger partial charge on any atom is -0.460 e. The van der Waals surface area contributed by atoms with Crippen LogP contribution in [0.5, 0.6) is 5.75 Å². The maximum atomic E-state index is 14.6. The topological polar surface area (TPSA) is 120 Å². The van der Waals surface area contributed by atoms with Crippen molar-refractivity contribution in [3.05, 3.63) is 64.6 Å². The van der Waals surface area contributed by atoms with Crippen molar-refractivity contribution in [2.24, 2.45) is 7.05 Å². The van der Waals surface area contributed by atoms with Gasteiger partial charge in [-0.05, 0) is 50.8 Å². The van der Waals surface area contributed by atoms with Crippen LogP contribution in [0.1, 0.15) is 33.8 Å². The molecular weight excluding hydrogens is 617 g/mol. The maximum Gasteiger partial charge on any atom is 0.291 e. The van der Waals surface area contributed by atoms with E-state index in [-0.39, 0.29) is 51.6 Å². The molecule has 0 aliphatic carbocycles. The van der Waals surface area contributed by atoms with E-state index >= 15 is 0 Å². The molecule has 1 aliphatic rings. The molecular formula is C30H34ClF3N6O5. The number of benzene rings is 2. The van der Waals surface area contributed by atoms with Crippen LogP contribution in [0.2, 0.25) is 5.02 Å². The number of piperazine rings is 1. The van der Waals surface area contributed by atoms with Crippen molar-refractivity contribution in [3.63, 3.8) is 0 Å². The van der Waals surface area contributed by atoms with E-state index in [0.29, 0.717) is 39.1 Å². The number of hydrogen-bond donors (Lipinski definition) is 2. The summed E-state index contributed by atoms with van der Waals surface area (Å²) in [5.41, 5.74) is 0.370. The Kier molecular flexibility index (Phi) is 11.1. The highest BCUT2D eigenvalue weighted by atomic mass is 35.5. The molecule has 3 aromatic rings. The standard InChI is InChI=1S/C30H34ClF3N6O5/c1-37(2)16-19(41)5-9-25(42)39-10-12-40(13-11-39)30(44)20-6-4-18(14-22(20)31)36-29(43)28-35-15-23(38(28)3)21-7-8-24(45-17-32)27(34)26(21)33/h4,6-8,14-15,19,41H,5,9-13,16-17H2,1-3H3,(H,36,43)/t19-/m1/s1. The lowest BCUT2D eigenvalue weighted by Gasteiger charge is -2.35. The molecule has 15 heteroatoms. The molecule has 0 radical (unpaired) electrons. The largest absolute Gasteiger partial charge is 0.460 e. The number of alkyl halides is 1. The number of ether oxygens (including phenoxy) is 1. The fraction of sp³-hybridized carbons (Fsp3) is 0.400. The first-order valence-corrected chi connectivity index (χ1v) is 14.5. The molecule has 2 N–H and O–H groups in total. The van der Waals surface area contributed by atoms with Crippen LogP contribution in [-0.2, 0) is 11.8 Å². The number of nitrogens with one attached hydrogen (secondary N) is 1. The number of aromatic nitrogens is 2. The van der Waals surface area contributed by atoms with Gasteiger partial charge in [0.2, 0.25) is 18.6 Å². The van der Waals surface area contributed by atoms with Gasteiger partial charge < -0.3 is 34.4 Å². The lowest BCUT2D eigenvalue weighted by molar-refractivity contribution is -0.133. The number of nitrogens with zero attached hydrogens (tertiary/aromatic N) is 5. The van der Waals surface area contributed by atoms with E-state index in [1.165, 1.54) is 42.1 Å². The zero-order valence-electron chi connectivity index (χ0n) is 25.0. The number of amides is 3. The third-order valence-corrected chi connectivity index (χ3v) is 7.68. The number of hydrogen-bond acceptors (Lipinski definition) is 7. The molecule has 1 fully saturated rings. The number of aliphatic hydroxyl groups is 1. The van der Waals surface area contributed by atoms with E-state index < -0.39 is 36.3 Å². The molecule has 1 atom stereocenters. The summed E-state index contributed by atoms with van der Waals surface area (Å²) in [6.45, 7) is 0.501. The minimum atomic E-state index is -1.37. The summed E-state index contributed by atoms with van der Waals surface area (Å²) in [7, 11) is 5.14. The Morgan fingerprint density at radius 3 is 2.42 bits per heavy atom. The lowest BCUT2D eigenvalue weighted by Crippen LogP contribution is -2.50. The van der Waals surface area contributed by atoms with Crippen molar-refractivity contribution in [1.29, 1.82) is 0 Å². The van der Waals surface area contributed by atoms with Gasteiger partial charge in [0, 0.05) is 57.4 Å². The van der Waals surface area contributed by atoms with Crippen LogP contribution in [0.3, 0.4) is 0 Å². The number of anilines is 1. The molecule has 45 heavy (non-hydrogen) atoms. The van der Waals surface area contributed by atoms with Crippen LogP contribution in [0.4, 0.5) is 18.9 Å². The zero-order valence-corrected chi connectivity index (χ0v) is 25.8. The fourth-order valence-electron chi connectivity index (χ4n) is 5.01. The number of carbonyl (C=O) groups is 3. The van der Waals surface area contributed by atoms with Crippen LogP contribution in [0.25, 0.3) is 11.3 Å². The van der Waals surface area contributed by atoms with Gasteiger partial charge in [-0.15, -0.1) is 0 Å². The van der Waals surface area contributed by atoms with Gasteiger partial charge >= 0.3 is 0 Å². The Bertz CT molecular complexity index is 1560. The highest BCUT2D eigenvalue weighted by Gasteiger charge is 2.27. The average molecular weight is 651 g/mol. The van der Waals surface area contributed by atoms with Crippen LogP contribution in [-0.4, -0.2) is 107 Å². The molecule has 2 aromatic carbocycles. The highest BCUT2D eigenvalue weighted by Crippen LogP contribution is 2.30. The Hall–Kier alpha value is -4.14. The van der Waals surface area contributed by atoms with Crippen molar-refractivity contribution >= 4 is 35.0 Å². The molecule has 11 nitrogen and oxygen atoms in total. The molecule has 0 unspecified atom stereocenters. The summed E-state index contributed by atoms with van der Waals surface area (Å²) in [6, 6.07) is 6.65. The smallest absolute Gasteiger partial charge is 0.291 e. The third-order valence-electron chi connectivity index (χ3n) is 7.37. The normalized spacial score (nSPS) is 14.1. The molecule has 0 bridgehead atoms. The quantitative estimate of drug-likeness (QED) is 0.326. The second-order valence-corrected chi connectivity index (χ2v) is 11.2. The monoisotopic (exact) mass is 650 g/mol. The van der Waals surface area contributed by atoms with E-state index in [4.69, 9.17) is 11.6 Å². The average Bonchev–Trinajstić information content (AvgIpc) is 3.39. The van der Waals surface area contributed by atoms with E-state index in [1.54, 1.807) is 9.80 Å². The highest BCUT2D eigenvalue weighted by molar-refractivity contribution is 6.34. The first-order valence-electron chi connectivity index (χ1n) is 14.1. The minimum absolute atomic E-state index is 0.0729. The van der Waals surface area contributed by atoms with Gasteiger partial charge in [0.05, 0.1) is 28.6 Å². The van der Waals surface area contributed by atoms with Gasteiger partial charge in [-0.2, -0.15) is 4.39 Å². The van der Waals surface area contributed by atoms with Crippen molar-refractivity contribution in [2.45, 2.75) is 18.9 Å². The molecule has 1 saturated heterocycles. The summed E-state index contributed by atoms with van der Waals surface area (Å²) < 4.78 is 47.0. The van der Waals surface area contributed by atoms with Crippen molar-refractivity contribution in [2.75, 3.05) is 59.0 Å². The number of carbonyl (C=O) groups excluding carboxylic acids is 3. The molecule has 1 aromatic heterocycles. The summed E-state index contributed by atoms with van der Waals surface area (Å²) in [6.07, 6.45) is 1.19. The molecule has 0 spiro atoms. The third kappa shape index (κ3) is 7.93. The van der Waals surface area contributed by atoms with Gasteiger partial charge in [-0.25, -0.2) is 13.8 Å². The van der Waals surface area contributed by atoms with Gasteiger partial charge in [0.15, 0.2) is 17.4 Å². The Morgan fingerprint density at radius 1 is 1.09 bits per heavy atom. The van der Waals surface area contributed by atoms with Crippen LogP contribution in [0, 0.1) is 11.6 Å². The maximum absolute atomic E-state index is 14.6. The molecule has 0 saturated carbocycles. The Balaban J connectivity index is 1.36. The van der Waals surface area contributed by atoms with Gasteiger partial charge in [-0.3, -0.25) is 14.4 Å². The number of halogens is 4. The van der Waals surface area contributed by atoms with Gasteiger partial charge in [0.25, 0.3) is 11.8 Å². The molecule has 1 aliphatic heterocycles. The number of rotatable bonds is 11. The summed E-state index contributed by atoms with van der Waals surface area (Å²) in [4.78, 5) is 47.9. The fourth-order valence-corrected chi connectivity index (χ4v) is 5.28. The van der Waals surface area contributed by atoms with Crippen LogP contribution in [0.15, 0.2) is 36.5 Å².